The Bertz CT molecular complexity index is 266. The van der Waals surface area contributed by atoms with E-state index in [4.69, 9.17) is 5.73 Å². The van der Waals surface area contributed by atoms with E-state index < -0.39 is 6.10 Å². The van der Waals surface area contributed by atoms with Crippen molar-refractivity contribution in [3.63, 3.8) is 0 Å². The molecule has 0 aliphatic rings. The van der Waals surface area contributed by atoms with Crippen LogP contribution < -0.4 is 5.73 Å². The molecule has 0 aliphatic carbocycles. The van der Waals surface area contributed by atoms with E-state index in [1.165, 1.54) is 0 Å². The van der Waals surface area contributed by atoms with Gasteiger partial charge in [0.2, 0.25) is 0 Å². The van der Waals surface area contributed by atoms with Gasteiger partial charge in [0.1, 0.15) is 0 Å². The van der Waals surface area contributed by atoms with Gasteiger partial charge in [0, 0.05) is 6.54 Å². The molecule has 0 aromatic heterocycles. The number of benzene rings is 1. The molecule has 1 atom stereocenters. The predicted molar refractivity (Wildman–Crippen MR) is 55.3 cm³/mol. The lowest BCUT2D eigenvalue weighted by atomic mass is 10.1. The summed E-state index contributed by atoms with van der Waals surface area (Å²) in [6, 6.07) is 7.92. The van der Waals surface area contributed by atoms with E-state index in [-0.39, 0.29) is 0 Å². The zero-order valence-electron chi connectivity index (χ0n) is 7.61. The van der Waals surface area contributed by atoms with E-state index in [0.717, 1.165) is 11.1 Å². The van der Waals surface area contributed by atoms with Crippen LogP contribution in [0.4, 0.5) is 0 Å². The fourth-order valence-electron chi connectivity index (χ4n) is 1.15. The van der Waals surface area contributed by atoms with E-state index in [9.17, 15) is 5.11 Å². The van der Waals surface area contributed by atoms with Crippen molar-refractivity contribution in [3.05, 3.63) is 42.0 Å². The Kier molecular flexibility index (Phi) is 3.68. The molecule has 1 unspecified atom stereocenters. The van der Waals surface area contributed by atoms with Crippen LogP contribution >= 0.6 is 0 Å². The second-order valence-electron chi connectivity index (χ2n) is 3.04. The molecule has 3 N–H and O–H groups in total. The zero-order valence-corrected chi connectivity index (χ0v) is 7.61. The smallest absolute Gasteiger partial charge is 0.0702 e. The Hall–Kier alpha value is -1.12. The van der Waals surface area contributed by atoms with Crippen molar-refractivity contribution in [3.8, 4) is 0 Å². The Morgan fingerprint density at radius 1 is 1.38 bits per heavy atom. The van der Waals surface area contributed by atoms with Crippen LogP contribution in [0.1, 0.15) is 11.1 Å². The molecule has 70 valence electrons. The molecular weight excluding hydrogens is 162 g/mol. The maximum absolute atomic E-state index is 9.29. The Balaban J connectivity index is 2.63. The molecule has 2 nitrogen and oxygen atoms in total. The molecule has 0 aliphatic heterocycles. The van der Waals surface area contributed by atoms with Gasteiger partial charge in [-0.1, -0.05) is 36.9 Å². The van der Waals surface area contributed by atoms with Gasteiger partial charge in [-0.05, 0) is 17.5 Å². The molecule has 0 saturated carbocycles. The summed E-state index contributed by atoms with van der Waals surface area (Å²) < 4.78 is 0. The summed E-state index contributed by atoms with van der Waals surface area (Å²) in [5.74, 6) is 0. The fourth-order valence-corrected chi connectivity index (χ4v) is 1.15. The van der Waals surface area contributed by atoms with E-state index >= 15 is 0 Å². The highest BCUT2D eigenvalue weighted by atomic mass is 16.3. The standard InChI is InChI=1S/C11H15NO/c1-2-9-3-5-10(6-4-9)7-11(13)8-12/h2-6,11,13H,1,7-8,12H2. The summed E-state index contributed by atoms with van der Waals surface area (Å²) in [5.41, 5.74) is 7.50. The lowest BCUT2D eigenvalue weighted by Gasteiger charge is -2.07. The van der Waals surface area contributed by atoms with Gasteiger partial charge < -0.3 is 10.8 Å². The minimum absolute atomic E-state index is 0.309. The first-order chi connectivity index (χ1) is 6.26. The lowest BCUT2D eigenvalue weighted by Crippen LogP contribution is -2.21. The topological polar surface area (TPSA) is 46.2 Å². The van der Waals surface area contributed by atoms with Gasteiger partial charge in [0.25, 0.3) is 0 Å². The molecular formula is C11H15NO. The van der Waals surface area contributed by atoms with Gasteiger partial charge >= 0.3 is 0 Å². The molecule has 1 aromatic rings. The molecule has 0 amide bonds. The third-order valence-corrected chi connectivity index (χ3v) is 1.96. The van der Waals surface area contributed by atoms with Crippen molar-refractivity contribution >= 4 is 6.08 Å². The molecule has 0 spiro atoms. The normalized spacial score (nSPS) is 12.5. The predicted octanol–water partition coefficient (Wildman–Crippen LogP) is 1.19. The molecule has 2 heteroatoms. The molecule has 0 heterocycles. The Labute approximate surface area is 78.7 Å². The van der Waals surface area contributed by atoms with Crippen LogP contribution in [-0.2, 0) is 6.42 Å². The molecule has 0 saturated heterocycles. The van der Waals surface area contributed by atoms with Crippen molar-refractivity contribution in [2.45, 2.75) is 12.5 Å². The maximum atomic E-state index is 9.29. The molecule has 13 heavy (non-hydrogen) atoms. The first-order valence-electron chi connectivity index (χ1n) is 4.35. The third-order valence-electron chi connectivity index (χ3n) is 1.96. The first kappa shape index (κ1) is 9.96. The SMILES string of the molecule is C=Cc1ccc(CC(O)CN)cc1. The number of hydrogen-bond acceptors (Lipinski definition) is 2. The summed E-state index contributed by atoms with van der Waals surface area (Å²) in [6.45, 7) is 3.98. The van der Waals surface area contributed by atoms with Gasteiger partial charge in [-0.25, -0.2) is 0 Å². The van der Waals surface area contributed by atoms with E-state index in [1.54, 1.807) is 6.08 Å². The molecule has 0 fully saturated rings. The van der Waals surface area contributed by atoms with Crippen molar-refractivity contribution < 1.29 is 5.11 Å². The van der Waals surface area contributed by atoms with Crippen LogP contribution in [0, 0.1) is 0 Å². The van der Waals surface area contributed by atoms with Gasteiger partial charge in [0.05, 0.1) is 6.10 Å². The van der Waals surface area contributed by atoms with Gasteiger partial charge in [-0.2, -0.15) is 0 Å². The Morgan fingerprint density at radius 2 is 2.00 bits per heavy atom. The first-order valence-corrected chi connectivity index (χ1v) is 4.35. The number of aliphatic hydroxyl groups is 1. The van der Waals surface area contributed by atoms with Crippen molar-refractivity contribution in [1.29, 1.82) is 0 Å². The monoisotopic (exact) mass is 177 g/mol. The van der Waals surface area contributed by atoms with E-state index in [0.29, 0.717) is 13.0 Å². The van der Waals surface area contributed by atoms with E-state index in [1.807, 2.05) is 24.3 Å². The lowest BCUT2D eigenvalue weighted by molar-refractivity contribution is 0.183. The van der Waals surface area contributed by atoms with E-state index in [2.05, 4.69) is 6.58 Å². The highest BCUT2D eigenvalue weighted by Crippen LogP contribution is 2.07. The maximum Gasteiger partial charge on any atom is 0.0702 e. The summed E-state index contributed by atoms with van der Waals surface area (Å²) in [5, 5.41) is 9.29. The quantitative estimate of drug-likeness (QED) is 0.725. The van der Waals surface area contributed by atoms with Crippen LogP contribution in [0.15, 0.2) is 30.8 Å². The average molecular weight is 177 g/mol. The van der Waals surface area contributed by atoms with Crippen molar-refractivity contribution in [1.82, 2.24) is 0 Å². The number of hydrogen-bond donors (Lipinski definition) is 2. The zero-order chi connectivity index (χ0) is 9.68. The average Bonchev–Trinajstić information content (AvgIpc) is 2.19. The van der Waals surface area contributed by atoms with Gasteiger partial charge in [-0.15, -0.1) is 0 Å². The summed E-state index contributed by atoms with van der Waals surface area (Å²) in [6.07, 6.45) is 1.98. The second-order valence-corrected chi connectivity index (χ2v) is 3.04. The molecule has 0 radical (unpaired) electrons. The minimum Gasteiger partial charge on any atom is -0.391 e. The molecule has 0 bridgehead atoms. The molecule has 1 rings (SSSR count). The Morgan fingerprint density at radius 3 is 2.46 bits per heavy atom. The summed E-state index contributed by atoms with van der Waals surface area (Å²) in [4.78, 5) is 0. The van der Waals surface area contributed by atoms with Crippen LogP contribution in [0.3, 0.4) is 0 Å². The second kappa shape index (κ2) is 4.80. The summed E-state index contributed by atoms with van der Waals surface area (Å²) >= 11 is 0. The minimum atomic E-state index is -0.436. The van der Waals surface area contributed by atoms with Crippen LogP contribution in [-0.4, -0.2) is 17.8 Å². The van der Waals surface area contributed by atoms with Crippen LogP contribution in [0.25, 0.3) is 6.08 Å². The van der Waals surface area contributed by atoms with Crippen molar-refractivity contribution in [2.24, 2.45) is 5.73 Å². The van der Waals surface area contributed by atoms with Gasteiger partial charge in [-0.3, -0.25) is 0 Å². The van der Waals surface area contributed by atoms with Gasteiger partial charge in [0.15, 0.2) is 0 Å². The third kappa shape index (κ3) is 3.01. The fraction of sp³-hybridized carbons (Fsp3) is 0.273. The number of nitrogens with two attached hydrogens (primary N) is 1. The van der Waals surface area contributed by atoms with Crippen LogP contribution in [0.2, 0.25) is 0 Å². The molecule has 1 aromatic carbocycles. The van der Waals surface area contributed by atoms with Crippen LogP contribution in [0.5, 0.6) is 0 Å². The highest BCUT2D eigenvalue weighted by Gasteiger charge is 2.01. The summed E-state index contributed by atoms with van der Waals surface area (Å²) in [7, 11) is 0. The number of rotatable bonds is 4. The largest absolute Gasteiger partial charge is 0.391 e. The van der Waals surface area contributed by atoms with Crippen molar-refractivity contribution in [2.75, 3.05) is 6.54 Å². The number of aliphatic hydroxyl groups excluding tert-OH is 1. The highest BCUT2D eigenvalue weighted by molar-refractivity contribution is 5.47.